The number of ether oxygens (including phenoxy) is 1. The topological polar surface area (TPSA) is 35.5 Å². The quantitative estimate of drug-likeness (QED) is 0.125. The first-order chi connectivity index (χ1) is 13.6. The number of carbonyl (C=O) groups is 1. The monoisotopic (exact) mass is 428 g/mol. The van der Waals surface area contributed by atoms with Crippen molar-refractivity contribution in [3.63, 3.8) is 0 Å². The highest BCUT2D eigenvalue weighted by Crippen LogP contribution is 2.38. The van der Waals surface area contributed by atoms with Gasteiger partial charge in [-0.25, -0.2) is 0 Å². The number of esters is 1. The maximum Gasteiger partial charge on any atom is 0.305 e. The van der Waals surface area contributed by atoms with E-state index >= 15 is 0 Å². The van der Waals surface area contributed by atoms with Gasteiger partial charge in [0.1, 0.15) is 0 Å². The SMILES string of the molecule is CCCCCC(CCCCCCCCCCCC(=O)OC)O[Si](C)(C)C(C)(C)C. The van der Waals surface area contributed by atoms with Crippen LogP contribution in [0.5, 0.6) is 0 Å². The molecule has 1 unspecified atom stereocenters. The first kappa shape index (κ1) is 28.6. The predicted octanol–water partition coefficient (Wildman–Crippen LogP) is 8.42. The molecule has 0 saturated heterocycles. The lowest BCUT2D eigenvalue weighted by molar-refractivity contribution is -0.140. The fraction of sp³-hybridized carbons (Fsp3) is 0.960. The van der Waals surface area contributed by atoms with Crippen LogP contribution in [0.1, 0.15) is 124 Å². The van der Waals surface area contributed by atoms with E-state index in [4.69, 9.17) is 4.43 Å². The second-order valence-corrected chi connectivity index (χ2v) is 15.0. The lowest BCUT2D eigenvalue weighted by Crippen LogP contribution is -2.44. The molecule has 0 rings (SSSR count). The number of unbranched alkanes of at least 4 members (excludes halogenated alkanes) is 10. The van der Waals surface area contributed by atoms with Crippen molar-refractivity contribution in [2.75, 3.05) is 7.11 Å². The molecule has 29 heavy (non-hydrogen) atoms. The zero-order chi connectivity index (χ0) is 22.2. The van der Waals surface area contributed by atoms with Crippen molar-refractivity contribution in [1.29, 1.82) is 0 Å². The Balaban J connectivity index is 3.91. The van der Waals surface area contributed by atoms with Crippen LogP contribution in [0.15, 0.2) is 0 Å². The van der Waals surface area contributed by atoms with Crippen LogP contribution in [0.2, 0.25) is 18.1 Å². The van der Waals surface area contributed by atoms with Crippen LogP contribution >= 0.6 is 0 Å². The second kappa shape index (κ2) is 16.4. The summed E-state index contributed by atoms with van der Waals surface area (Å²) in [6, 6.07) is 0. The molecule has 0 spiro atoms. The summed E-state index contributed by atoms with van der Waals surface area (Å²) >= 11 is 0. The molecule has 174 valence electrons. The molecule has 0 amide bonds. The fourth-order valence-electron chi connectivity index (χ4n) is 3.46. The van der Waals surface area contributed by atoms with Gasteiger partial charge in [0.25, 0.3) is 0 Å². The van der Waals surface area contributed by atoms with Crippen molar-refractivity contribution < 1.29 is 14.0 Å². The average molecular weight is 429 g/mol. The lowest BCUT2D eigenvalue weighted by atomic mass is 10.0. The summed E-state index contributed by atoms with van der Waals surface area (Å²) in [6.45, 7) is 14.1. The normalized spacial score (nSPS) is 13.5. The van der Waals surface area contributed by atoms with Gasteiger partial charge in [0, 0.05) is 12.5 Å². The highest BCUT2D eigenvalue weighted by atomic mass is 28.4. The molecule has 0 bridgehead atoms. The highest BCUT2D eigenvalue weighted by molar-refractivity contribution is 6.74. The van der Waals surface area contributed by atoms with Crippen molar-refractivity contribution in [2.45, 2.75) is 148 Å². The third-order valence-corrected chi connectivity index (χ3v) is 11.1. The molecule has 0 aliphatic rings. The van der Waals surface area contributed by atoms with E-state index in [0.29, 0.717) is 17.6 Å². The van der Waals surface area contributed by atoms with Crippen LogP contribution in [-0.2, 0) is 14.0 Å². The number of methoxy groups -OCH3 is 1. The Hall–Kier alpha value is -0.353. The van der Waals surface area contributed by atoms with Gasteiger partial charge in [-0.2, -0.15) is 0 Å². The molecule has 1 atom stereocenters. The van der Waals surface area contributed by atoms with Crippen LogP contribution in [0.4, 0.5) is 0 Å². The molecular formula is C25H52O3Si. The van der Waals surface area contributed by atoms with Crippen molar-refractivity contribution in [2.24, 2.45) is 0 Å². The summed E-state index contributed by atoms with van der Waals surface area (Å²) in [6.07, 6.45) is 18.8. The first-order valence-electron chi connectivity index (χ1n) is 12.4. The minimum absolute atomic E-state index is 0.0736. The van der Waals surface area contributed by atoms with Crippen molar-refractivity contribution >= 4 is 14.3 Å². The van der Waals surface area contributed by atoms with Crippen LogP contribution in [0.3, 0.4) is 0 Å². The Morgan fingerprint density at radius 1 is 0.793 bits per heavy atom. The minimum atomic E-state index is -1.66. The summed E-state index contributed by atoms with van der Waals surface area (Å²) in [5.41, 5.74) is 0. The molecule has 3 nitrogen and oxygen atoms in total. The van der Waals surface area contributed by atoms with Crippen molar-refractivity contribution in [3.05, 3.63) is 0 Å². The minimum Gasteiger partial charge on any atom is -0.469 e. The van der Waals surface area contributed by atoms with Gasteiger partial charge in [-0.1, -0.05) is 98.3 Å². The Morgan fingerprint density at radius 3 is 1.69 bits per heavy atom. The van der Waals surface area contributed by atoms with Crippen molar-refractivity contribution in [3.8, 4) is 0 Å². The molecule has 0 aromatic carbocycles. The van der Waals surface area contributed by atoms with E-state index in [0.717, 1.165) is 12.8 Å². The molecule has 0 N–H and O–H groups in total. The molecule has 0 heterocycles. The van der Waals surface area contributed by atoms with E-state index in [-0.39, 0.29) is 5.97 Å². The fourth-order valence-corrected chi connectivity index (χ4v) is 4.88. The molecule has 0 radical (unpaired) electrons. The maximum absolute atomic E-state index is 11.1. The van der Waals surface area contributed by atoms with E-state index in [9.17, 15) is 4.79 Å². The van der Waals surface area contributed by atoms with Gasteiger partial charge in [0.2, 0.25) is 0 Å². The molecule has 4 heteroatoms. The van der Waals surface area contributed by atoms with Gasteiger partial charge in [0.15, 0.2) is 8.32 Å². The third-order valence-electron chi connectivity index (χ3n) is 6.53. The Kier molecular flexibility index (Phi) is 16.2. The third kappa shape index (κ3) is 15.1. The van der Waals surface area contributed by atoms with Gasteiger partial charge >= 0.3 is 5.97 Å². The molecule has 0 aliphatic heterocycles. The van der Waals surface area contributed by atoms with Crippen LogP contribution in [0, 0.1) is 0 Å². The summed E-state index contributed by atoms with van der Waals surface area (Å²) in [5, 5.41) is 0.298. The number of rotatable bonds is 18. The lowest BCUT2D eigenvalue weighted by Gasteiger charge is -2.39. The molecule has 0 aromatic heterocycles. The molecule has 0 saturated carbocycles. The van der Waals surface area contributed by atoms with E-state index in [1.807, 2.05) is 0 Å². The summed E-state index contributed by atoms with van der Waals surface area (Å²) in [5.74, 6) is -0.0736. The average Bonchev–Trinajstić information content (AvgIpc) is 2.64. The van der Waals surface area contributed by atoms with E-state index < -0.39 is 8.32 Å². The van der Waals surface area contributed by atoms with E-state index in [1.54, 1.807) is 0 Å². The molecule has 0 fully saturated rings. The van der Waals surface area contributed by atoms with Gasteiger partial charge in [-0.05, 0) is 37.4 Å². The van der Waals surface area contributed by atoms with Crippen LogP contribution in [0.25, 0.3) is 0 Å². The number of hydrogen-bond donors (Lipinski definition) is 0. The molecule has 0 aromatic rings. The zero-order valence-electron chi connectivity index (χ0n) is 20.9. The predicted molar refractivity (Wildman–Crippen MR) is 129 cm³/mol. The number of hydrogen-bond acceptors (Lipinski definition) is 3. The second-order valence-electron chi connectivity index (χ2n) is 10.3. The van der Waals surface area contributed by atoms with Gasteiger partial charge in [-0.3, -0.25) is 4.79 Å². The van der Waals surface area contributed by atoms with Crippen LogP contribution < -0.4 is 0 Å². The van der Waals surface area contributed by atoms with Gasteiger partial charge in [-0.15, -0.1) is 0 Å². The summed E-state index contributed by atoms with van der Waals surface area (Å²) < 4.78 is 11.4. The summed E-state index contributed by atoms with van der Waals surface area (Å²) in [7, 11) is -0.197. The smallest absolute Gasteiger partial charge is 0.305 e. The highest BCUT2D eigenvalue weighted by Gasteiger charge is 2.38. The Morgan fingerprint density at radius 2 is 1.24 bits per heavy atom. The van der Waals surface area contributed by atoms with E-state index in [2.05, 4.69) is 45.5 Å². The largest absolute Gasteiger partial charge is 0.469 e. The Labute approximate surface area is 183 Å². The molecule has 0 aliphatic carbocycles. The first-order valence-corrected chi connectivity index (χ1v) is 15.3. The van der Waals surface area contributed by atoms with Crippen molar-refractivity contribution in [1.82, 2.24) is 0 Å². The molecular weight excluding hydrogens is 376 g/mol. The maximum atomic E-state index is 11.1. The van der Waals surface area contributed by atoms with Gasteiger partial charge in [0.05, 0.1) is 7.11 Å². The van der Waals surface area contributed by atoms with Gasteiger partial charge < -0.3 is 9.16 Å². The van der Waals surface area contributed by atoms with E-state index in [1.165, 1.54) is 84.2 Å². The Bertz CT molecular complexity index is 401. The zero-order valence-corrected chi connectivity index (χ0v) is 21.9. The summed E-state index contributed by atoms with van der Waals surface area (Å²) in [4.78, 5) is 11.1. The number of carbonyl (C=O) groups excluding carboxylic acids is 1. The standard InChI is InChI=1S/C25H52O3Si/c1-8-9-17-20-23(28-29(6,7)25(2,3)4)21-18-15-13-11-10-12-14-16-19-22-24(26)27-5/h23H,8-22H2,1-7H3. The van der Waals surface area contributed by atoms with Crippen LogP contribution in [-0.4, -0.2) is 27.5 Å².